The Kier molecular flexibility index (Phi) is 6.65. The molecule has 1 saturated heterocycles. The second-order valence-electron chi connectivity index (χ2n) is 7.47. The van der Waals surface area contributed by atoms with E-state index < -0.39 is 0 Å². The minimum absolute atomic E-state index is 0.162. The van der Waals surface area contributed by atoms with E-state index in [2.05, 4.69) is 4.98 Å². The molecule has 6 nitrogen and oxygen atoms in total. The van der Waals surface area contributed by atoms with Crippen molar-refractivity contribution in [2.45, 2.75) is 0 Å². The molecule has 35 heavy (non-hydrogen) atoms. The third-order valence-electron chi connectivity index (χ3n) is 5.30. The van der Waals surface area contributed by atoms with Gasteiger partial charge in [-0.2, -0.15) is 4.99 Å². The van der Waals surface area contributed by atoms with Gasteiger partial charge in [-0.15, -0.1) is 11.3 Å². The van der Waals surface area contributed by atoms with Crippen molar-refractivity contribution >= 4 is 51.1 Å². The fourth-order valence-corrected chi connectivity index (χ4v) is 5.31. The van der Waals surface area contributed by atoms with Crippen molar-refractivity contribution in [3.63, 3.8) is 0 Å². The number of carbonyl (C=O) groups excluding carboxylic acids is 1. The van der Waals surface area contributed by atoms with Gasteiger partial charge in [0.1, 0.15) is 11.5 Å². The molecule has 0 bridgehead atoms. The van der Waals surface area contributed by atoms with Gasteiger partial charge in [0.25, 0.3) is 5.91 Å². The van der Waals surface area contributed by atoms with Crippen molar-refractivity contribution in [3.8, 4) is 22.8 Å². The van der Waals surface area contributed by atoms with E-state index in [-0.39, 0.29) is 5.91 Å². The highest BCUT2D eigenvalue weighted by Gasteiger charge is 2.35. The third-order valence-corrected chi connectivity index (χ3v) is 7.00. The summed E-state index contributed by atoms with van der Waals surface area (Å²) in [6.07, 6.45) is 1.81. The van der Waals surface area contributed by atoms with E-state index >= 15 is 0 Å². The average Bonchev–Trinajstić information content (AvgIpc) is 3.49. The van der Waals surface area contributed by atoms with Crippen molar-refractivity contribution in [1.29, 1.82) is 0 Å². The maximum absolute atomic E-state index is 13.6. The van der Waals surface area contributed by atoms with E-state index in [0.717, 1.165) is 22.5 Å². The van der Waals surface area contributed by atoms with Crippen molar-refractivity contribution in [2.24, 2.45) is 4.99 Å². The summed E-state index contributed by atoms with van der Waals surface area (Å²) in [7, 11) is 3.21. The van der Waals surface area contributed by atoms with Gasteiger partial charge < -0.3 is 9.47 Å². The molecule has 1 aliphatic heterocycles. The second kappa shape index (κ2) is 10.2. The van der Waals surface area contributed by atoms with Crippen LogP contribution in [0.3, 0.4) is 0 Å². The van der Waals surface area contributed by atoms with Gasteiger partial charge >= 0.3 is 0 Å². The smallest absolute Gasteiger partial charge is 0.271 e. The number of hydrogen-bond donors (Lipinski definition) is 0. The van der Waals surface area contributed by atoms with Gasteiger partial charge in [0.2, 0.25) is 5.13 Å². The van der Waals surface area contributed by atoms with Crippen LogP contribution in [0.25, 0.3) is 17.3 Å². The lowest BCUT2D eigenvalue weighted by Crippen LogP contribution is -2.28. The van der Waals surface area contributed by atoms with Crippen LogP contribution in [0.4, 0.5) is 10.8 Å². The third kappa shape index (κ3) is 4.84. The lowest BCUT2D eigenvalue weighted by atomic mass is 10.1. The highest BCUT2D eigenvalue weighted by atomic mass is 32.2. The highest BCUT2D eigenvalue weighted by molar-refractivity contribution is 8.19. The highest BCUT2D eigenvalue weighted by Crippen LogP contribution is 2.39. The van der Waals surface area contributed by atoms with Crippen molar-refractivity contribution < 1.29 is 14.3 Å². The van der Waals surface area contributed by atoms with E-state index in [4.69, 9.17) is 14.5 Å². The zero-order valence-electron chi connectivity index (χ0n) is 19.0. The molecule has 5 rings (SSSR count). The predicted octanol–water partition coefficient (Wildman–Crippen LogP) is 6.64. The number of ether oxygens (including phenoxy) is 2. The molecule has 1 amide bonds. The van der Waals surface area contributed by atoms with Gasteiger partial charge in [0.05, 0.1) is 30.5 Å². The van der Waals surface area contributed by atoms with Crippen LogP contribution in [-0.4, -0.2) is 30.3 Å². The lowest BCUT2D eigenvalue weighted by molar-refractivity contribution is -0.113. The van der Waals surface area contributed by atoms with Gasteiger partial charge in [-0.3, -0.25) is 9.69 Å². The Hall–Kier alpha value is -3.88. The van der Waals surface area contributed by atoms with Crippen LogP contribution in [0.15, 0.2) is 94.1 Å². The van der Waals surface area contributed by atoms with Crippen LogP contribution < -0.4 is 14.4 Å². The minimum atomic E-state index is -0.162. The molecule has 0 radical (unpaired) electrons. The minimum Gasteiger partial charge on any atom is -0.497 e. The molecular weight excluding hydrogens is 478 g/mol. The number of aliphatic imine (C=N–C) groups is 1. The van der Waals surface area contributed by atoms with Gasteiger partial charge in [0.15, 0.2) is 5.17 Å². The molecule has 0 spiro atoms. The molecule has 1 aliphatic rings. The maximum atomic E-state index is 13.6. The molecule has 0 unspecified atom stereocenters. The van der Waals surface area contributed by atoms with Crippen LogP contribution in [-0.2, 0) is 4.79 Å². The topological polar surface area (TPSA) is 64.0 Å². The summed E-state index contributed by atoms with van der Waals surface area (Å²) in [6.45, 7) is 0. The van der Waals surface area contributed by atoms with Crippen LogP contribution in [0.2, 0.25) is 0 Å². The number of aromatic nitrogens is 1. The fraction of sp³-hybridized carbons (Fsp3) is 0.0741. The molecule has 3 aromatic carbocycles. The molecule has 1 fully saturated rings. The largest absolute Gasteiger partial charge is 0.497 e. The molecular formula is C27H21N3O3S2. The Morgan fingerprint density at radius 3 is 2.40 bits per heavy atom. The Balaban J connectivity index is 1.55. The van der Waals surface area contributed by atoms with E-state index in [1.54, 1.807) is 19.1 Å². The normalized spacial score (nSPS) is 15.7. The SMILES string of the molecule is COc1ccc(OC)c(/C=C2\S/C(=N/c3nc(-c4ccccc4)cs3)N(c3ccccc3)C2=O)c1. The van der Waals surface area contributed by atoms with Crippen molar-refractivity contribution in [2.75, 3.05) is 19.1 Å². The summed E-state index contributed by atoms with van der Waals surface area (Å²) in [5, 5.41) is 3.10. The Morgan fingerprint density at radius 2 is 1.69 bits per heavy atom. The zero-order chi connectivity index (χ0) is 24.2. The van der Waals surface area contributed by atoms with E-state index in [1.807, 2.05) is 90.3 Å². The monoisotopic (exact) mass is 499 g/mol. The first kappa shape index (κ1) is 22.9. The van der Waals surface area contributed by atoms with Crippen LogP contribution in [0.5, 0.6) is 11.5 Å². The van der Waals surface area contributed by atoms with E-state index in [0.29, 0.717) is 26.7 Å². The molecule has 0 N–H and O–H groups in total. The number of thioether (sulfide) groups is 1. The second-order valence-corrected chi connectivity index (χ2v) is 9.32. The van der Waals surface area contributed by atoms with Crippen LogP contribution >= 0.6 is 23.1 Å². The van der Waals surface area contributed by atoms with Gasteiger partial charge in [-0.25, -0.2) is 4.98 Å². The molecule has 0 atom stereocenters. The number of nitrogens with zero attached hydrogens (tertiary/aromatic N) is 3. The lowest BCUT2D eigenvalue weighted by Gasteiger charge is -2.15. The number of amidine groups is 1. The van der Waals surface area contributed by atoms with Crippen molar-refractivity contribution in [1.82, 2.24) is 4.98 Å². The standard InChI is InChI=1S/C27H21N3O3S2/c1-32-21-13-14-23(33-2)19(15-21)16-24-25(31)30(20-11-7-4-8-12-20)27(35-24)29-26-28-22(17-34-26)18-9-5-3-6-10-18/h3-17H,1-2H3/b24-16-,29-27+. The Bertz CT molecular complexity index is 1420. The first-order chi connectivity index (χ1) is 17.2. The summed E-state index contributed by atoms with van der Waals surface area (Å²) in [5.41, 5.74) is 3.37. The summed E-state index contributed by atoms with van der Waals surface area (Å²) >= 11 is 2.75. The number of rotatable bonds is 6. The molecule has 174 valence electrons. The van der Waals surface area contributed by atoms with E-state index in [9.17, 15) is 4.79 Å². The van der Waals surface area contributed by atoms with Gasteiger partial charge in [0, 0.05) is 16.5 Å². The summed E-state index contributed by atoms with van der Waals surface area (Å²) in [6, 6.07) is 24.9. The Morgan fingerprint density at radius 1 is 0.943 bits per heavy atom. The Labute approximate surface area is 211 Å². The van der Waals surface area contributed by atoms with Crippen LogP contribution in [0.1, 0.15) is 5.56 Å². The first-order valence-corrected chi connectivity index (χ1v) is 12.5. The van der Waals surface area contributed by atoms with E-state index in [1.165, 1.54) is 23.1 Å². The summed E-state index contributed by atoms with van der Waals surface area (Å²) < 4.78 is 10.9. The number of methoxy groups -OCH3 is 2. The number of thiazole rings is 1. The molecule has 1 aromatic heterocycles. The number of anilines is 1. The van der Waals surface area contributed by atoms with Crippen LogP contribution in [0, 0.1) is 0 Å². The fourth-order valence-electron chi connectivity index (χ4n) is 3.59. The first-order valence-electron chi connectivity index (χ1n) is 10.8. The number of hydrogen-bond acceptors (Lipinski definition) is 7. The maximum Gasteiger partial charge on any atom is 0.271 e. The van der Waals surface area contributed by atoms with Gasteiger partial charge in [-0.05, 0) is 48.2 Å². The molecule has 0 saturated carbocycles. The predicted molar refractivity (Wildman–Crippen MR) is 144 cm³/mol. The number of amides is 1. The number of carbonyl (C=O) groups is 1. The molecule has 2 heterocycles. The summed E-state index contributed by atoms with van der Waals surface area (Å²) in [5.74, 6) is 1.17. The van der Waals surface area contributed by atoms with Gasteiger partial charge in [-0.1, -0.05) is 48.5 Å². The number of benzene rings is 3. The number of para-hydroxylation sites is 1. The molecule has 4 aromatic rings. The zero-order valence-corrected chi connectivity index (χ0v) is 20.7. The van der Waals surface area contributed by atoms with Crippen molar-refractivity contribution in [3.05, 3.63) is 94.7 Å². The summed E-state index contributed by atoms with van der Waals surface area (Å²) in [4.78, 5) is 25.2. The average molecular weight is 500 g/mol. The quantitative estimate of drug-likeness (QED) is 0.278. The molecule has 8 heteroatoms. The molecule has 0 aliphatic carbocycles.